The first kappa shape index (κ1) is 18.6. The van der Waals surface area contributed by atoms with Crippen molar-refractivity contribution in [1.82, 2.24) is 9.97 Å². The molecule has 0 aliphatic heterocycles. The van der Waals surface area contributed by atoms with E-state index in [9.17, 15) is 8.78 Å². The van der Waals surface area contributed by atoms with Gasteiger partial charge in [0.15, 0.2) is 0 Å². The smallest absolute Gasteiger partial charge is 0.229 e. The van der Waals surface area contributed by atoms with Gasteiger partial charge in [0, 0.05) is 23.6 Å². The number of nitrogens with zero attached hydrogens (tertiary/aromatic N) is 2. The molecule has 3 aromatic carbocycles. The Balaban J connectivity index is 1.67. The van der Waals surface area contributed by atoms with Crippen LogP contribution in [-0.2, 0) is 6.54 Å². The van der Waals surface area contributed by atoms with Gasteiger partial charge < -0.3 is 15.4 Å². The maximum absolute atomic E-state index is 14.0. The van der Waals surface area contributed by atoms with Crippen molar-refractivity contribution in [3.8, 4) is 5.75 Å². The summed E-state index contributed by atoms with van der Waals surface area (Å²) in [5, 5.41) is 6.95. The van der Waals surface area contributed by atoms with Crippen LogP contribution in [0.2, 0.25) is 0 Å². The quantitative estimate of drug-likeness (QED) is 0.468. The Kier molecular flexibility index (Phi) is 5.20. The highest BCUT2D eigenvalue weighted by Crippen LogP contribution is 2.26. The molecule has 1 aromatic heterocycles. The Hall–Kier alpha value is -3.74. The summed E-state index contributed by atoms with van der Waals surface area (Å²) in [6.45, 7) is 0.482. The van der Waals surface area contributed by atoms with Crippen LogP contribution in [0.15, 0.2) is 66.7 Å². The third-order valence-corrected chi connectivity index (χ3v) is 4.42. The van der Waals surface area contributed by atoms with Crippen molar-refractivity contribution in [1.29, 1.82) is 0 Å². The van der Waals surface area contributed by atoms with E-state index >= 15 is 0 Å². The highest BCUT2D eigenvalue weighted by Gasteiger charge is 2.11. The average Bonchev–Trinajstić information content (AvgIpc) is 2.74. The SMILES string of the molecule is COc1ccccc1CNc1nc(Nc2ccc(F)cc2F)nc2ccccc12. The summed E-state index contributed by atoms with van der Waals surface area (Å²) in [5.41, 5.74) is 1.75. The summed E-state index contributed by atoms with van der Waals surface area (Å²) in [6, 6.07) is 18.5. The first-order valence-electron chi connectivity index (χ1n) is 8.98. The molecule has 0 fully saturated rings. The molecule has 5 nitrogen and oxygen atoms in total. The van der Waals surface area contributed by atoms with Crippen LogP contribution in [0.3, 0.4) is 0 Å². The predicted molar refractivity (Wildman–Crippen MR) is 109 cm³/mol. The number of halogens is 2. The van der Waals surface area contributed by atoms with Gasteiger partial charge in [0.2, 0.25) is 5.95 Å². The van der Waals surface area contributed by atoms with Crippen molar-refractivity contribution < 1.29 is 13.5 Å². The van der Waals surface area contributed by atoms with Gasteiger partial charge in [0.05, 0.1) is 18.3 Å². The molecule has 0 amide bonds. The van der Waals surface area contributed by atoms with E-state index in [1.54, 1.807) is 7.11 Å². The molecular formula is C22H18F2N4O. The van der Waals surface area contributed by atoms with Crippen molar-refractivity contribution in [3.05, 3.63) is 83.9 Å². The Morgan fingerprint density at radius 3 is 2.55 bits per heavy atom. The molecule has 0 radical (unpaired) electrons. The number of hydrogen-bond donors (Lipinski definition) is 2. The fourth-order valence-electron chi connectivity index (χ4n) is 3.01. The number of nitrogens with one attached hydrogen (secondary N) is 2. The molecule has 0 unspecified atom stereocenters. The van der Waals surface area contributed by atoms with Crippen molar-refractivity contribution >= 4 is 28.4 Å². The number of benzene rings is 3. The Morgan fingerprint density at radius 2 is 1.72 bits per heavy atom. The highest BCUT2D eigenvalue weighted by atomic mass is 19.1. The molecule has 4 aromatic rings. The van der Waals surface area contributed by atoms with Gasteiger partial charge in [-0.25, -0.2) is 13.8 Å². The second-order valence-electron chi connectivity index (χ2n) is 6.33. The van der Waals surface area contributed by atoms with E-state index < -0.39 is 11.6 Å². The van der Waals surface area contributed by atoms with Gasteiger partial charge in [-0.2, -0.15) is 4.98 Å². The molecule has 0 atom stereocenters. The van der Waals surface area contributed by atoms with Gasteiger partial charge in [-0.1, -0.05) is 30.3 Å². The summed E-state index contributed by atoms with van der Waals surface area (Å²) in [7, 11) is 1.62. The van der Waals surface area contributed by atoms with Gasteiger partial charge in [0.1, 0.15) is 23.2 Å². The first-order chi connectivity index (χ1) is 14.1. The van der Waals surface area contributed by atoms with Crippen LogP contribution in [0, 0.1) is 11.6 Å². The number of methoxy groups -OCH3 is 1. The Labute approximate surface area is 166 Å². The Bertz CT molecular complexity index is 1170. The fourth-order valence-corrected chi connectivity index (χ4v) is 3.01. The predicted octanol–water partition coefficient (Wildman–Crippen LogP) is 5.27. The van der Waals surface area contributed by atoms with Gasteiger partial charge in [0.25, 0.3) is 0 Å². The molecule has 0 aliphatic rings. The minimum Gasteiger partial charge on any atom is -0.496 e. The lowest BCUT2D eigenvalue weighted by Crippen LogP contribution is -2.07. The maximum atomic E-state index is 14.0. The van der Waals surface area contributed by atoms with Crippen LogP contribution in [0.5, 0.6) is 5.75 Å². The third kappa shape index (κ3) is 4.08. The van der Waals surface area contributed by atoms with Crippen molar-refractivity contribution in [2.24, 2.45) is 0 Å². The van der Waals surface area contributed by atoms with E-state index in [1.807, 2.05) is 48.5 Å². The molecule has 0 bridgehead atoms. The number of aromatic nitrogens is 2. The third-order valence-electron chi connectivity index (χ3n) is 4.42. The number of fused-ring (bicyclic) bond motifs is 1. The van der Waals surface area contributed by atoms with E-state index in [0.717, 1.165) is 22.8 Å². The summed E-state index contributed by atoms with van der Waals surface area (Å²) < 4.78 is 32.6. The van der Waals surface area contributed by atoms with Crippen LogP contribution < -0.4 is 15.4 Å². The number of rotatable bonds is 6. The zero-order chi connectivity index (χ0) is 20.2. The molecule has 29 heavy (non-hydrogen) atoms. The standard InChI is InChI=1S/C22H18F2N4O/c1-29-20-9-5-2-6-14(20)13-25-21-16-7-3-4-8-18(16)26-22(28-21)27-19-11-10-15(23)12-17(19)24/h2-12H,13H2,1H3,(H2,25,26,27,28). The second kappa shape index (κ2) is 8.10. The maximum Gasteiger partial charge on any atom is 0.229 e. The van der Waals surface area contributed by atoms with E-state index in [0.29, 0.717) is 17.9 Å². The lowest BCUT2D eigenvalue weighted by Gasteiger charge is -2.13. The second-order valence-corrected chi connectivity index (χ2v) is 6.33. The summed E-state index contributed by atoms with van der Waals surface area (Å²) in [4.78, 5) is 8.93. The topological polar surface area (TPSA) is 59.1 Å². The molecular weight excluding hydrogens is 374 g/mol. The average molecular weight is 392 g/mol. The summed E-state index contributed by atoms with van der Waals surface area (Å²) in [6.07, 6.45) is 0. The molecule has 0 spiro atoms. The monoisotopic (exact) mass is 392 g/mol. The number of ether oxygens (including phenoxy) is 1. The first-order valence-corrected chi connectivity index (χ1v) is 8.98. The van der Waals surface area contributed by atoms with E-state index in [-0.39, 0.29) is 11.6 Å². The van der Waals surface area contributed by atoms with E-state index in [4.69, 9.17) is 4.74 Å². The van der Waals surface area contributed by atoms with Crippen molar-refractivity contribution in [2.45, 2.75) is 6.54 Å². The lowest BCUT2D eigenvalue weighted by molar-refractivity contribution is 0.410. The van der Waals surface area contributed by atoms with Crippen LogP contribution in [-0.4, -0.2) is 17.1 Å². The zero-order valence-corrected chi connectivity index (χ0v) is 15.6. The normalized spacial score (nSPS) is 10.7. The molecule has 2 N–H and O–H groups in total. The minimum atomic E-state index is -0.717. The number of hydrogen-bond acceptors (Lipinski definition) is 5. The molecule has 146 valence electrons. The lowest BCUT2D eigenvalue weighted by atomic mass is 10.2. The molecule has 0 saturated heterocycles. The molecule has 1 heterocycles. The molecule has 0 saturated carbocycles. The van der Waals surface area contributed by atoms with Crippen LogP contribution in [0.4, 0.5) is 26.2 Å². The van der Waals surface area contributed by atoms with Crippen molar-refractivity contribution in [2.75, 3.05) is 17.7 Å². The van der Waals surface area contributed by atoms with E-state index in [2.05, 4.69) is 20.6 Å². The van der Waals surface area contributed by atoms with E-state index in [1.165, 1.54) is 12.1 Å². The van der Waals surface area contributed by atoms with Gasteiger partial charge in [-0.3, -0.25) is 0 Å². The van der Waals surface area contributed by atoms with Gasteiger partial charge in [-0.05, 0) is 30.3 Å². The number of anilines is 3. The van der Waals surface area contributed by atoms with Crippen LogP contribution in [0.25, 0.3) is 10.9 Å². The van der Waals surface area contributed by atoms with Crippen LogP contribution in [0.1, 0.15) is 5.56 Å². The minimum absolute atomic E-state index is 0.0948. The highest BCUT2D eigenvalue weighted by molar-refractivity contribution is 5.90. The molecule has 7 heteroatoms. The van der Waals surface area contributed by atoms with Crippen LogP contribution >= 0.6 is 0 Å². The largest absolute Gasteiger partial charge is 0.496 e. The van der Waals surface area contributed by atoms with Gasteiger partial charge in [-0.15, -0.1) is 0 Å². The van der Waals surface area contributed by atoms with Crippen molar-refractivity contribution in [3.63, 3.8) is 0 Å². The summed E-state index contributed by atoms with van der Waals surface area (Å²) >= 11 is 0. The zero-order valence-electron chi connectivity index (χ0n) is 15.6. The fraction of sp³-hybridized carbons (Fsp3) is 0.0909. The Morgan fingerprint density at radius 1 is 0.931 bits per heavy atom. The molecule has 0 aliphatic carbocycles. The van der Waals surface area contributed by atoms with Gasteiger partial charge >= 0.3 is 0 Å². The molecule has 4 rings (SSSR count). The number of para-hydroxylation sites is 2. The summed E-state index contributed by atoms with van der Waals surface area (Å²) in [5.74, 6) is 0.199.